The Morgan fingerprint density at radius 3 is 3.24 bits per heavy atom. The van der Waals surface area contributed by atoms with Gasteiger partial charge >= 0.3 is 5.97 Å². The molecule has 0 fully saturated rings. The third-order valence-electron chi connectivity index (χ3n) is 2.20. The molecule has 6 nitrogen and oxygen atoms in total. The number of carbonyl (C=O) groups excluding carboxylic acids is 1. The maximum absolute atomic E-state index is 11.1. The largest absolute Gasteiger partial charge is 0.466 e. The summed E-state index contributed by atoms with van der Waals surface area (Å²) in [5.41, 5.74) is 0.770. The maximum atomic E-state index is 11.1. The van der Waals surface area contributed by atoms with Crippen molar-refractivity contribution < 1.29 is 9.53 Å². The van der Waals surface area contributed by atoms with Crippen LogP contribution in [0.15, 0.2) is 24.5 Å². The third kappa shape index (κ3) is 2.93. The second kappa shape index (κ2) is 5.29. The van der Waals surface area contributed by atoms with Gasteiger partial charge in [0, 0.05) is 18.8 Å². The number of esters is 1. The molecule has 6 heteroatoms. The van der Waals surface area contributed by atoms with E-state index in [1.165, 1.54) is 0 Å². The molecular weight excluding hydrogens is 220 g/mol. The fraction of sp³-hybridized carbons (Fsp3) is 0.364. The summed E-state index contributed by atoms with van der Waals surface area (Å²) < 4.78 is 6.50. The predicted octanol–water partition coefficient (Wildman–Crippen LogP) is 1.09. The summed E-state index contributed by atoms with van der Waals surface area (Å²) in [6.07, 6.45) is 3.83. The number of ether oxygens (including phenoxy) is 1. The molecule has 0 spiro atoms. The van der Waals surface area contributed by atoms with Gasteiger partial charge in [0.25, 0.3) is 0 Å². The van der Waals surface area contributed by atoms with Crippen molar-refractivity contribution in [2.24, 2.45) is 0 Å². The summed E-state index contributed by atoms with van der Waals surface area (Å²) in [7, 11) is 0. The summed E-state index contributed by atoms with van der Waals surface area (Å²) in [4.78, 5) is 15.4. The molecule has 2 aromatic heterocycles. The molecule has 0 unspecified atom stereocenters. The van der Waals surface area contributed by atoms with Crippen LogP contribution in [0.5, 0.6) is 0 Å². The Morgan fingerprint density at radius 2 is 2.41 bits per heavy atom. The minimum atomic E-state index is -0.203. The van der Waals surface area contributed by atoms with Crippen LogP contribution in [0.25, 0.3) is 5.65 Å². The molecule has 17 heavy (non-hydrogen) atoms. The first-order valence-electron chi connectivity index (χ1n) is 5.49. The van der Waals surface area contributed by atoms with Crippen molar-refractivity contribution in [1.82, 2.24) is 14.6 Å². The van der Waals surface area contributed by atoms with Crippen molar-refractivity contribution in [3.05, 3.63) is 24.5 Å². The molecule has 0 bridgehead atoms. The fourth-order valence-corrected chi connectivity index (χ4v) is 1.44. The SMILES string of the molecule is CCOC(=O)CCNc1ccn2nccc2n1. The zero-order valence-electron chi connectivity index (χ0n) is 9.59. The van der Waals surface area contributed by atoms with Crippen LogP contribution in [0.4, 0.5) is 5.82 Å². The van der Waals surface area contributed by atoms with Crippen LogP contribution in [-0.2, 0) is 9.53 Å². The van der Waals surface area contributed by atoms with E-state index in [1.54, 1.807) is 17.6 Å². The zero-order chi connectivity index (χ0) is 12.1. The minimum absolute atomic E-state index is 0.203. The van der Waals surface area contributed by atoms with E-state index in [2.05, 4.69) is 15.4 Å². The van der Waals surface area contributed by atoms with Gasteiger partial charge in [-0.25, -0.2) is 9.50 Å². The predicted molar refractivity (Wildman–Crippen MR) is 62.7 cm³/mol. The third-order valence-corrected chi connectivity index (χ3v) is 2.20. The molecule has 0 atom stereocenters. The highest BCUT2D eigenvalue weighted by atomic mass is 16.5. The van der Waals surface area contributed by atoms with Gasteiger partial charge in [-0.05, 0) is 13.0 Å². The smallest absolute Gasteiger partial charge is 0.307 e. The van der Waals surface area contributed by atoms with Crippen molar-refractivity contribution in [1.29, 1.82) is 0 Å². The fourth-order valence-electron chi connectivity index (χ4n) is 1.44. The van der Waals surface area contributed by atoms with E-state index in [4.69, 9.17) is 4.74 Å². The summed E-state index contributed by atoms with van der Waals surface area (Å²) in [6.45, 7) is 2.72. The number of hydrogen-bond acceptors (Lipinski definition) is 5. The van der Waals surface area contributed by atoms with Gasteiger partial charge in [-0.2, -0.15) is 5.10 Å². The molecule has 90 valence electrons. The van der Waals surface area contributed by atoms with Gasteiger partial charge in [-0.15, -0.1) is 0 Å². The van der Waals surface area contributed by atoms with E-state index in [-0.39, 0.29) is 5.97 Å². The molecule has 0 aliphatic carbocycles. The highest BCUT2D eigenvalue weighted by Crippen LogP contribution is 2.05. The second-order valence-electron chi connectivity index (χ2n) is 3.43. The molecule has 0 radical (unpaired) electrons. The number of nitrogens with zero attached hydrogens (tertiary/aromatic N) is 3. The summed E-state index contributed by atoms with van der Waals surface area (Å²) in [5, 5.41) is 7.11. The Kier molecular flexibility index (Phi) is 3.54. The van der Waals surface area contributed by atoms with E-state index in [0.29, 0.717) is 19.6 Å². The summed E-state index contributed by atoms with van der Waals surface area (Å²) in [5.74, 6) is 0.521. The van der Waals surface area contributed by atoms with Crippen LogP contribution in [0, 0.1) is 0 Å². The number of aromatic nitrogens is 3. The number of hydrogen-bond donors (Lipinski definition) is 1. The van der Waals surface area contributed by atoms with Gasteiger partial charge in [0.1, 0.15) is 5.82 Å². The molecule has 0 aliphatic rings. The van der Waals surface area contributed by atoms with Crippen LogP contribution in [-0.4, -0.2) is 33.7 Å². The van der Waals surface area contributed by atoms with Crippen molar-refractivity contribution in [2.45, 2.75) is 13.3 Å². The molecule has 0 amide bonds. The van der Waals surface area contributed by atoms with E-state index < -0.39 is 0 Å². The van der Waals surface area contributed by atoms with E-state index in [1.807, 2.05) is 18.3 Å². The number of nitrogens with one attached hydrogen (secondary N) is 1. The van der Waals surface area contributed by atoms with Gasteiger partial charge < -0.3 is 10.1 Å². The quantitative estimate of drug-likeness (QED) is 0.784. The molecule has 2 heterocycles. The average Bonchev–Trinajstić information content (AvgIpc) is 2.76. The summed E-state index contributed by atoms with van der Waals surface area (Å²) >= 11 is 0. The Morgan fingerprint density at radius 1 is 1.53 bits per heavy atom. The van der Waals surface area contributed by atoms with Crippen LogP contribution < -0.4 is 5.32 Å². The number of carbonyl (C=O) groups is 1. The lowest BCUT2D eigenvalue weighted by molar-refractivity contribution is -0.142. The lowest BCUT2D eigenvalue weighted by Crippen LogP contribution is -2.12. The molecule has 2 aromatic rings. The van der Waals surface area contributed by atoms with Crippen molar-refractivity contribution in [2.75, 3.05) is 18.5 Å². The standard InChI is InChI=1S/C11H14N4O2/c1-2-17-11(16)4-6-12-9-5-8-15-10(14-9)3-7-13-15/h3,5,7-8H,2,4,6H2,1H3,(H,12,14). The Hall–Kier alpha value is -2.11. The van der Waals surface area contributed by atoms with Crippen molar-refractivity contribution in [3.63, 3.8) is 0 Å². The zero-order valence-corrected chi connectivity index (χ0v) is 9.59. The van der Waals surface area contributed by atoms with Gasteiger partial charge in [0.05, 0.1) is 19.2 Å². The Labute approximate surface area is 98.6 Å². The molecule has 0 saturated carbocycles. The van der Waals surface area contributed by atoms with E-state index in [9.17, 15) is 4.79 Å². The second-order valence-corrected chi connectivity index (χ2v) is 3.43. The monoisotopic (exact) mass is 234 g/mol. The van der Waals surface area contributed by atoms with Gasteiger partial charge in [-0.3, -0.25) is 4.79 Å². The molecule has 0 aromatic carbocycles. The highest BCUT2D eigenvalue weighted by molar-refractivity contribution is 5.70. The maximum Gasteiger partial charge on any atom is 0.307 e. The van der Waals surface area contributed by atoms with Crippen LogP contribution in [0.1, 0.15) is 13.3 Å². The van der Waals surface area contributed by atoms with Crippen LogP contribution in [0.3, 0.4) is 0 Å². The molecule has 1 N–H and O–H groups in total. The Bertz CT molecular complexity index is 509. The van der Waals surface area contributed by atoms with Crippen molar-refractivity contribution >= 4 is 17.4 Å². The number of fused-ring (bicyclic) bond motifs is 1. The van der Waals surface area contributed by atoms with Gasteiger partial charge in [0.15, 0.2) is 5.65 Å². The topological polar surface area (TPSA) is 68.5 Å². The molecule has 0 saturated heterocycles. The van der Waals surface area contributed by atoms with Gasteiger partial charge in [-0.1, -0.05) is 0 Å². The minimum Gasteiger partial charge on any atom is -0.466 e. The van der Waals surface area contributed by atoms with Crippen LogP contribution in [0.2, 0.25) is 0 Å². The number of rotatable bonds is 5. The van der Waals surface area contributed by atoms with E-state index in [0.717, 1.165) is 11.5 Å². The van der Waals surface area contributed by atoms with E-state index >= 15 is 0 Å². The normalized spacial score (nSPS) is 10.4. The highest BCUT2D eigenvalue weighted by Gasteiger charge is 2.02. The van der Waals surface area contributed by atoms with Crippen molar-refractivity contribution in [3.8, 4) is 0 Å². The van der Waals surface area contributed by atoms with Crippen LogP contribution >= 0.6 is 0 Å². The lowest BCUT2D eigenvalue weighted by atomic mass is 10.4. The molecular formula is C11H14N4O2. The lowest BCUT2D eigenvalue weighted by Gasteiger charge is -2.05. The number of anilines is 1. The first-order chi connectivity index (χ1) is 8.29. The first-order valence-corrected chi connectivity index (χ1v) is 5.49. The summed E-state index contributed by atoms with van der Waals surface area (Å²) in [6, 6.07) is 3.63. The molecule has 2 rings (SSSR count). The first kappa shape index (κ1) is 11.4. The average molecular weight is 234 g/mol. The van der Waals surface area contributed by atoms with Gasteiger partial charge in [0.2, 0.25) is 0 Å². The molecule has 0 aliphatic heterocycles. The Balaban J connectivity index is 1.88.